The van der Waals surface area contributed by atoms with E-state index in [9.17, 15) is 9.90 Å². The van der Waals surface area contributed by atoms with Crippen molar-refractivity contribution in [1.82, 2.24) is 19.9 Å². The number of carbonyl (C=O) groups excluding carboxylic acids is 1. The summed E-state index contributed by atoms with van der Waals surface area (Å²) in [6, 6.07) is 1.69. The van der Waals surface area contributed by atoms with Gasteiger partial charge >= 0.3 is 5.97 Å². The van der Waals surface area contributed by atoms with Crippen molar-refractivity contribution in [3.05, 3.63) is 17.7 Å². The van der Waals surface area contributed by atoms with E-state index in [4.69, 9.17) is 10.00 Å². The van der Waals surface area contributed by atoms with Crippen LogP contribution in [0.2, 0.25) is 0 Å². The number of hydrogen-bond donors (Lipinski definition) is 3. The van der Waals surface area contributed by atoms with Crippen LogP contribution < -0.4 is 0 Å². The molecule has 2 heterocycles. The van der Waals surface area contributed by atoms with Crippen molar-refractivity contribution >= 4 is 17.7 Å². The first-order chi connectivity index (χ1) is 9.65. The van der Waals surface area contributed by atoms with E-state index in [1.54, 1.807) is 13.0 Å². The van der Waals surface area contributed by atoms with Gasteiger partial charge in [0, 0.05) is 0 Å². The number of azo groups is 1. The summed E-state index contributed by atoms with van der Waals surface area (Å²) in [4.78, 5) is 23.9. The molecule has 2 aromatic heterocycles. The molecule has 0 bridgehead atoms. The molecule has 20 heavy (non-hydrogen) atoms. The van der Waals surface area contributed by atoms with Crippen molar-refractivity contribution in [3.63, 3.8) is 0 Å². The SMILES string of the molecule is CCOC(=O)c1[nH]cnc1/N=N/c1nc(O)c(C#N)[nH]1. The first-order valence-electron chi connectivity index (χ1n) is 5.47. The highest BCUT2D eigenvalue weighted by atomic mass is 16.5. The second kappa shape index (κ2) is 5.61. The quantitative estimate of drug-likeness (QED) is 0.564. The van der Waals surface area contributed by atoms with E-state index in [1.165, 1.54) is 6.33 Å². The van der Waals surface area contributed by atoms with Crippen LogP contribution in [0.1, 0.15) is 23.1 Å². The molecule has 0 saturated carbocycles. The van der Waals surface area contributed by atoms with Gasteiger partial charge < -0.3 is 19.8 Å². The van der Waals surface area contributed by atoms with Gasteiger partial charge in [-0.3, -0.25) is 0 Å². The zero-order valence-corrected chi connectivity index (χ0v) is 10.3. The summed E-state index contributed by atoms with van der Waals surface area (Å²) < 4.78 is 4.80. The lowest BCUT2D eigenvalue weighted by Gasteiger charge is -1.97. The van der Waals surface area contributed by atoms with Crippen LogP contribution in [0.5, 0.6) is 5.88 Å². The summed E-state index contributed by atoms with van der Waals surface area (Å²) in [6.07, 6.45) is 1.26. The van der Waals surface area contributed by atoms with Gasteiger partial charge in [-0.2, -0.15) is 10.2 Å². The maximum atomic E-state index is 11.5. The predicted molar refractivity (Wildman–Crippen MR) is 63.7 cm³/mol. The number of imidazole rings is 2. The van der Waals surface area contributed by atoms with E-state index in [0.717, 1.165) is 0 Å². The third-order valence-corrected chi connectivity index (χ3v) is 2.12. The van der Waals surface area contributed by atoms with E-state index < -0.39 is 11.8 Å². The van der Waals surface area contributed by atoms with Gasteiger partial charge in [-0.15, -0.1) is 10.2 Å². The van der Waals surface area contributed by atoms with Crippen molar-refractivity contribution in [2.24, 2.45) is 10.2 Å². The third kappa shape index (κ3) is 2.61. The highest BCUT2D eigenvalue weighted by Crippen LogP contribution is 2.21. The van der Waals surface area contributed by atoms with Gasteiger partial charge in [-0.05, 0) is 6.92 Å². The van der Waals surface area contributed by atoms with Gasteiger partial charge in [0.2, 0.25) is 11.7 Å². The van der Waals surface area contributed by atoms with Crippen molar-refractivity contribution in [1.29, 1.82) is 5.26 Å². The minimum atomic E-state index is -0.612. The molecule has 0 unspecified atom stereocenters. The highest BCUT2D eigenvalue weighted by molar-refractivity contribution is 5.91. The summed E-state index contributed by atoms with van der Waals surface area (Å²) in [7, 11) is 0. The van der Waals surface area contributed by atoms with E-state index in [1.807, 2.05) is 0 Å². The molecule has 10 nitrogen and oxygen atoms in total. The van der Waals surface area contributed by atoms with Crippen LogP contribution in [0.4, 0.5) is 11.8 Å². The predicted octanol–water partition coefficient (Wildman–Crippen LogP) is 1.30. The average Bonchev–Trinajstić information content (AvgIpc) is 3.02. The number of esters is 1. The fraction of sp³-hybridized carbons (Fsp3) is 0.200. The van der Waals surface area contributed by atoms with E-state index in [0.29, 0.717) is 0 Å². The van der Waals surface area contributed by atoms with E-state index in [-0.39, 0.29) is 29.8 Å². The van der Waals surface area contributed by atoms with Crippen molar-refractivity contribution in [2.75, 3.05) is 6.61 Å². The normalized spacial score (nSPS) is 10.6. The number of aromatic hydroxyl groups is 1. The molecular formula is C10H9N7O3. The van der Waals surface area contributed by atoms with Crippen molar-refractivity contribution in [3.8, 4) is 11.9 Å². The summed E-state index contributed by atoms with van der Waals surface area (Å²) in [5, 5.41) is 25.2. The standard InChI is InChI=1S/C10H9N7O3/c1-2-20-9(19)6-7(13-4-12-6)16-17-10-14-5(3-11)8(18)15-10/h4,18H,2H2,1H3,(H,12,13)(H,14,15)/b17-16+. The van der Waals surface area contributed by atoms with Gasteiger partial charge in [-0.25, -0.2) is 9.78 Å². The lowest BCUT2D eigenvalue weighted by Crippen LogP contribution is -2.04. The van der Waals surface area contributed by atoms with Crippen LogP contribution in [0, 0.1) is 11.3 Å². The number of aromatic nitrogens is 4. The number of ether oxygens (including phenoxy) is 1. The Morgan fingerprint density at radius 3 is 3.05 bits per heavy atom. The lowest BCUT2D eigenvalue weighted by molar-refractivity contribution is 0.0521. The van der Waals surface area contributed by atoms with Gasteiger partial charge in [0.25, 0.3) is 5.95 Å². The number of hydrogen-bond acceptors (Lipinski definition) is 8. The second-order valence-electron chi connectivity index (χ2n) is 3.39. The molecule has 0 radical (unpaired) electrons. The fourth-order valence-corrected chi connectivity index (χ4v) is 1.29. The number of aromatic amines is 2. The largest absolute Gasteiger partial charge is 0.491 e. The summed E-state index contributed by atoms with van der Waals surface area (Å²) >= 11 is 0. The van der Waals surface area contributed by atoms with Gasteiger partial charge in [0.1, 0.15) is 6.07 Å². The lowest BCUT2D eigenvalue weighted by atomic mass is 10.4. The molecule has 10 heteroatoms. The van der Waals surface area contributed by atoms with Crippen LogP contribution in [-0.4, -0.2) is 37.6 Å². The number of nitriles is 1. The van der Waals surface area contributed by atoms with Crippen LogP contribution >= 0.6 is 0 Å². The smallest absolute Gasteiger partial charge is 0.358 e. The van der Waals surface area contributed by atoms with Crippen molar-refractivity contribution in [2.45, 2.75) is 6.92 Å². The molecular weight excluding hydrogens is 266 g/mol. The van der Waals surface area contributed by atoms with Gasteiger partial charge in [0.05, 0.1) is 12.9 Å². The Morgan fingerprint density at radius 2 is 2.40 bits per heavy atom. The minimum Gasteiger partial charge on any atom is -0.491 e. The molecule has 0 aromatic carbocycles. The minimum absolute atomic E-state index is 0.0119. The Bertz CT molecular complexity index is 694. The first kappa shape index (κ1) is 13.2. The monoisotopic (exact) mass is 275 g/mol. The molecule has 2 rings (SSSR count). The van der Waals surface area contributed by atoms with Crippen LogP contribution in [0.25, 0.3) is 0 Å². The first-order valence-corrected chi connectivity index (χ1v) is 5.47. The summed E-state index contributed by atoms with van der Waals surface area (Å²) in [5.41, 5.74) is -0.0847. The number of nitrogens with zero attached hydrogens (tertiary/aromatic N) is 5. The Hall–Kier alpha value is -3.22. The summed E-state index contributed by atoms with van der Waals surface area (Å²) in [5.74, 6) is -1.16. The van der Waals surface area contributed by atoms with Crippen LogP contribution in [0.3, 0.4) is 0 Å². The Balaban J connectivity index is 2.22. The third-order valence-electron chi connectivity index (χ3n) is 2.12. The molecule has 0 atom stereocenters. The van der Waals surface area contributed by atoms with Crippen LogP contribution in [0.15, 0.2) is 16.6 Å². The zero-order valence-electron chi connectivity index (χ0n) is 10.3. The molecule has 102 valence electrons. The molecule has 0 aliphatic rings. The second-order valence-corrected chi connectivity index (χ2v) is 3.39. The highest BCUT2D eigenvalue weighted by Gasteiger charge is 2.15. The molecule has 0 aliphatic carbocycles. The Morgan fingerprint density at radius 1 is 1.60 bits per heavy atom. The van der Waals surface area contributed by atoms with E-state index >= 15 is 0 Å². The zero-order chi connectivity index (χ0) is 14.5. The molecule has 0 amide bonds. The molecule has 3 N–H and O–H groups in total. The van der Waals surface area contributed by atoms with Gasteiger partial charge in [-0.1, -0.05) is 0 Å². The molecule has 2 aromatic rings. The number of nitrogens with one attached hydrogen (secondary N) is 2. The number of H-pyrrole nitrogens is 2. The van der Waals surface area contributed by atoms with Crippen molar-refractivity contribution < 1.29 is 14.6 Å². The molecule has 0 fully saturated rings. The average molecular weight is 275 g/mol. The molecule has 0 spiro atoms. The maximum Gasteiger partial charge on any atom is 0.358 e. The summed E-state index contributed by atoms with van der Waals surface area (Å²) in [6.45, 7) is 1.89. The Kier molecular flexibility index (Phi) is 3.71. The molecule has 0 saturated heterocycles. The fourth-order valence-electron chi connectivity index (χ4n) is 1.29. The number of rotatable bonds is 4. The number of carbonyl (C=O) groups is 1. The van der Waals surface area contributed by atoms with Crippen LogP contribution in [-0.2, 0) is 4.74 Å². The molecule has 0 aliphatic heterocycles. The van der Waals surface area contributed by atoms with Gasteiger partial charge in [0.15, 0.2) is 11.4 Å². The Labute approximate surface area is 112 Å². The topological polar surface area (TPSA) is 152 Å². The maximum absolute atomic E-state index is 11.5. The van der Waals surface area contributed by atoms with E-state index in [2.05, 4.69) is 30.2 Å².